The number of nitrogens with one attached hydrogen (secondary N) is 1. The molecule has 1 N–H and O–H groups in total. The van der Waals surface area contributed by atoms with Crippen molar-refractivity contribution in [2.45, 2.75) is 39.0 Å². The summed E-state index contributed by atoms with van der Waals surface area (Å²) in [6, 6.07) is 7.95. The number of hydrogen-bond acceptors (Lipinski definition) is 7. The summed E-state index contributed by atoms with van der Waals surface area (Å²) in [5.74, 6) is 2.55. The first-order valence-corrected chi connectivity index (χ1v) is 11.5. The van der Waals surface area contributed by atoms with Gasteiger partial charge in [0.05, 0.1) is 24.9 Å². The first-order chi connectivity index (χ1) is 15.1. The maximum atomic E-state index is 13.1. The number of benzene rings is 1. The molecule has 31 heavy (non-hydrogen) atoms. The van der Waals surface area contributed by atoms with E-state index in [1.165, 1.54) is 11.3 Å². The Morgan fingerprint density at radius 1 is 1.35 bits per heavy atom. The van der Waals surface area contributed by atoms with Gasteiger partial charge >= 0.3 is 0 Å². The number of methoxy groups -OCH3 is 1. The summed E-state index contributed by atoms with van der Waals surface area (Å²) in [6.45, 7) is 6.07. The monoisotopic (exact) mass is 440 g/mol. The SMILES string of the molecule is CCNc1nc(C)c(C(=O)N2CCC[C@H](c3ncc(Cc4ccc(OC)cc4)o3)C2)s1. The lowest BCUT2D eigenvalue weighted by molar-refractivity contribution is 0.0702. The Hall–Kier alpha value is -2.87. The zero-order valence-electron chi connectivity index (χ0n) is 18.2. The van der Waals surface area contributed by atoms with Crippen molar-refractivity contribution in [2.24, 2.45) is 0 Å². The largest absolute Gasteiger partial charge is 0.497 e. The van der Waals surface area contributed by atoms with Crippen LogP contribution in [0.3, 0.4) is 0 Å². The van der Waals surface area contributed by atoms with Crippen LogP contribution >= 0.6 is 11.3 Å². The van der Waals surface area contributed by atoms with Crippen LogP contribution in [-0.4, -0.2) is 47.5 Å². The van der Waals surface area contributed by atoms with Gasteiger partial charge in [0.25, 0.3) is 5.91 Å². The fraction of sp³-hybridized carbons (Fsp3) is 0.435. The number of carbonyl (C=O) groups is 1. The van der Waals surface area contributed by atoms with E-state index in [1.54, 1.807) is 13.3 Å². The predicted octanol–water partition coefficient (Wildman–Crippen LogP) is 4.49. The van der Waals surface area contributed by atoms with Crippen molar-refractivity contribution in [1.29, 1.82) is 0 Å². The molecule has 3 aromatic rings. The lowest BCUT2D eigenvalue weighted by Gasteiger charge is -2.31. The highest BCUT2D eigenvalue weighted by Crippen LogP contribution is 2.30. The molecule has 8 heteroatoms. The number of piperidine rings is 1. The van der Waals surface area contributed by atoms with E-state index in [0.717, 1.165) is 59.7 Å². The molecule has 0 bridgehead atoms. The molecule has 1 fully saturated rings. The number of anilines is 1. The standard InChI is InChI=1S/C23H28N4O3S/c1-4-24-23-26-15(2)20(31-23)22(28)27-11-5-6-17(14-27)21-25-13-19(30-21)12-16-7-9-18(29-3)10-8-16/h7-10,13,17H,4-6,11-12,14H2,1-3H3,(H,24,26)/t17-/m0/s1. The van der Waals surface area contributed by atoms with Gasteiger partial charge in [0.15, 0.2) is 11.0 Å². The molecule has 1 aliphatic heterocycles. The quantitative estimate of drug-likeness (QED) is 0.583. The number of thiazole rings is 1. The molecule has 4 rings (SSSR count). The molecule has 1 saturated heterocycles. The highest BCUT2D eigenvalue weighted by Gasteiger charge is 2.30. The van der Waals surface area contributed by atoms with Crippen molar-refractivity contribution in [1.82, 2.24) is 14.9 Å². The fourth-order valence-electron chi connectivity index (χ4n) is 3.87. The van der Waals surface area contributed by atoms with Crippen LogP contribution in [0.4, 0.5) is 5.13 Å². The maximum Gasteiger partial charge on any atom is 0.265 e. The van der Waals surface area contributed by atoms with Crippen molar-refractivity contribution >= 4 is 22.4 Å². The molecule has 0 aliphatic carbocycles. The summed E-state index contributed by atoms with van der Waals surface area (Å²) < 4.78 is 11.3. The van der Waals surface area contributed by atoms with E-state index in [9.17, 15) is 4.79 Å². The van der Waals surface area contributed by atoms with Crippen LogP contribution in [0.25, 0.3) is 0 Å². The first kappa shape index (κ1) is 21.4. The highest BCUT2D eigenvalue weighted by atomic mass is 32.1. The molecule has 1 atom stereocenters. The second-order valence-corrected chi connectivity index (χ2v) is 8.74. The lowest BCUT2D eigenvalue weighted by Crippen LogP contribution is -2.39. The Morgan fingerprint density at radius 3 is 2.90 bits per heavy atom. The average Bonchev–Trinajstić information content (AvgIpc) is 3.40. The topological polar surface area (TPSA) is 80.5 Å². The van der Waals surface area contributed by atoms with Crippen molar-refractivity contribution in [3.8, 4) is 5.75 Å². The molecule has 0 saturated carbocycles. The van der Waals surface area contributed by atoms with Gasteiger partial charge in [-0.25, -0.2) is 9.97 Å². The molecule has 7 nitrogen and oxygen atoms in total. The first-order valence-electron chi connectivity index (χ1n) is 10.7. The number of nitrogens with zero attached hydrogens (tertiary/aromatic N) is 3. The van der Waals surface area contributed by atoms with Crippen LogP contribution in [0.5, 0.6) is 5.75 Å². The van der Waals surface area contributed by atoms with E-state index in [-0.39, 0.29) is 11.8 Å². The van der Waals surface area contributed by atoms with Crippen molar-refractivity contribution in [2.75, 3.05) is 32.1 Å². The molecule has 1 aromatic carbocycles. The molecule has 2 aromatic heterocycles. The second-order valence-electron chi connectivity index (χ2n) is 7.74. The third-order valence-electron chi connectivity index (χ3n) is 5.49. The van der Waals surface area contributed by atoms with E-state index in [1.807, 2.05) is 43.0 Å². The normalized spacial score (nSPS) is 16.4. The maximum absolute atomic E-state index is 13.1. The third kappa shape index (κ3) is 4.90. The number of hydrogen-bond donors (Lipinski definition) is 1. The van der Waals surface area contributed by atoms with E-state index in [0.29, 0.717) is 17.8 Å². The Morgan fingerprint density at radius 2 is 2.16 bits per heavy atom. The predicted molar refractivity (Wildman–Crippen MR) is 121 cm³/mol. The summed E-state index contributed by atoms with van der Waals surface area (Å²) in [5.41, 5.74) is 1.92. The van der Waals surface area contributed by atoms with Gasteiger partial charge in [0, 0.05) is 26.1 Å². The Bertz CT molecular complexity index is 1030. The minimum absolute atomic E-state index is 0.0499. The van der Waals surface area contributed by atoms with Gasteiger partial charge in [0.2, 0.25) is 0 Å². The van der Waals surface area contributed by atoms with Gasteiger partial charge in [-0.15, -0.1) is 0 Å². The van der Waals surface area contributed by atoms with Gasteiger partial charge < -0.3 is 19.4 Å². The van der Waals surface area contributed by atoms with E-state index in [2.05, 4.69) is 15.3 Å². The molecular formula is C23H28N4O3S. The molecule has 1 amide bonds. The molecular weight excluding hydrogens is 412 g/mol. The number of aromatic nitrogens is 2. The van der Waals surface area contributed by atoms with E-state index in [4.69, 9.17) is 9.15 Å². The third-order valence-corrected chi connectivity index (χ3v) is 6.59. The summed E-state index contributed by atoms with van der Waals surface area (Å²) in [6.07, 6.45) is 4.39. The number of carbonyl (C=O) groups excluding carboxylic acids is 1. The summed E-state index contributed by atoms with van der Waals surface area (Å²) in [7, 11) is 1.66. The minimum Gasteiger partial charge on any atom is -0.497 e. The Balaban J connectivity index is 1.42. The van der Waals surface area contributed by atoms with Crippen LogP contribution in [0.1, 0.15) is 58.3 Å². The fourth-order valence-corrected chi connectivity index (χ4v) is 4.87. The van der Waals surface area contributed by atoms with E-state index < -0.39 is 0 Å². The number of rotatable bonds is 7. The number of oxazole rings is 1. The van der Waals surface area contributed by atoms with Crippen molar-refractivity contribution < 1.29 is 13.9 Å². The Kier molecular flexibility index (Phi) is 6.56. The van der Waals surface area contributed by atoms with E-state index >= 15 is 0 Å². The van der Waals surface area contributed by atoms with Gasteiger partial charge in [-0.3, -0.25) is 4.79 Å². The van der Waals surface area contributed by atoms with Crippen molar-refractivity contribution in [3.05, 3.63) is 58.2 Å². The second kappa shape index (κ2) is 9.51. The van der Waals surface area contributed by atoms with Crippen LogP contribution < -0.4 is 10.1 Å². The van der Waals surface area contributed by atoms with Gasteiger partial charge in [-0.2, -0.15) is 0 Å². The molecule has 164 valence electrons. The molecule has 3 heterocycles. The van der Waals surface area contributed by atoms with Crippen LogP contribution in [0, 0.1) is 6.92 Å². The zero-order chi connectivity index (χ0) is 21.8. The van der Waals surface area contributed by atoms with Crippen LogP contribution in [0.2, 0.25) is 0 Å². The van der Waals surface area contributed by atoms with Crippen LogP contribution in [-0.2, 0) is 6.42 Å². The highest BCUT2D eigenvalue weighted by molar-refractivity contribution is 7.17. The average molecular weight is 441 g/mol. The lowest BCUT2D eigenvalue weighted by atomic mass is 9.98. The van der Waals surface area contributed by atoms with Gasteiger partial charge in [-0.1, -0.05) is 23.5 Å². The summed E-state index contributed by atoms with van der Waals surface area (Å²) in [4.78, 5) is 24.7. The Labute approximate surface area is 186 Å². The molecule has 0 spiro atoms. The number of amides is 1. The number of ether oxygens (including phenoxy) is 1. The van der Waals surface area contributed by atoms with Crippen molar-refractivity contribution in [3.63, 3.8) is 0 Å². The molecule has 0 unspecified atom stereocenters. The molecule has 0 radical (unpaired) electrons. The smallest absolute Gasteiger partial charge is 0.265 e. The zero-order valence-corrected chi connectivity index (χ0v) is 19.0. The number of aryl methyl sites for hydroxylation is 1. The van der Waals surface area contributed by atoms with Crippen LogP contribution in [0.15, 0.2) is 34.9 Å². The van der Waals surface area contributed by atoms with Gasteiger partial charge in [0.1, 0.15) is 16.4 Å². The van der Waals surface area contributed by atoms with Gasteiger partial charge in [-0.05, 0) is 44.4 Å². The summed E-state index contributed by atoms with van der Waals surface area (Å²) >= 11 is 1.43. The number of likely N-dealkylation sites (tertiary alicyclic amines) is 1. The minimum atomic E-state index is 0.0499. The molecule has 1 aliphatic rings. The summed E-state index contributed by atoms with van der Waals surface area (Å²) in [5, 5.41) is 3.99.